The fourth-order valence-corrected chi connectivity index (χ4v) is 3.20. The predicted molar refractivity (Wildman–Crippen MR) is 84.9 cm³/mol. The van der Waals surface area contributed by atoms with Crippen molar-refractivity contribution < 1.29 is 9.53 Å². The molecule has 0 aromatic rings. The predicted octanol–water partition coefficient (Wildman–Crippen LogP) is 4.51. The Morgan fingerprint density at radius 3 is 2.53 bits per heavy atom. The van der Waals surface area contributed by atoms with E-state index in [0.29, 0.717) is 6.61 Å². The van der Waals surface area contributed by atoms with Gasteiger partial charge in [0.15, 0.2) is 8.32 Å². The number of aliphatic hydroxyl groups is 1. The lowest BCUT2D eigenvalue weighted by Gasteiger charge is -2.41. The summed E-state index contributed by atoms with van der Waals surface area (Å²) in [5, 5.41) is 10.7. The number of allylic oxidation sites excluding steroid dienone is 2. The van der Waals surface area contributed by atoms with Gasteiger partial charge in [0.1, 0.15) is 0 Å². The summed E-state index contributed by atoms with van der Waals surface area (Å²) in [6, 6.07) is 0. The first kappa shape index (κ1) is 16.9. The normalized spacial score (nSPS) is 29.9. The maximum atomic E-state index is 10.4. The summed E-state index contributed by atoms with van der Waals surface area (Å²) >= 11 is 0. The smallest absolute Gasteiger partial charge is 0.192 e. The van der Waals surface area contributed by atoms with E-state index in [4.69, 9.17) is 4.43 Å². The Bertz CT molecular complexity index is 341. The zero-order valence-corrected chi connectivity index (χ0v) is 14.8. The van der Waals surface area contributed by atoms with Crippen molar-refractivity contribution in [2.24, 2.45) is 5.41 Å². The Kier molecular flexibility index (Phi) is 5.08. The van der Waals surface area contributed by atoms with Gasteiger partial charge in [0.2, 0.25) is 0 Å². The quantitative estimate of drug-likeness (QED) is 0.610. The van der Waals surface area contributed by atoms with Crippen LogP contribution in [0.15, 0.2) is 11.6 Å². The van der Waals surface area contributed by atoms with Gasteiger partial charge < -0.3 is 9.53 Å². The molecule has 0 saturated heterocycles. The number of hydrogen-bond donors (Lipinski definition) is 1. The molecule has 0 fully saturated rings. The van der Waals surface area contributed by atoms with Crippen molar-refractivity contribution in [3.05, 3.63) is 11.6 Å². The summed E-state index contributed by atoms with van der Waals surface area (Å²) in [5.74, 6) is 0. The molecule has 0 radical (unpaired) electrons. The first-order chi connectivity index (χ1) is 8.48. The summed E-state index contributed by atoms with van der Waals surface area (Å²) in [6.45, 7) is 16.3. The highest BCUT2D eigenvalue weighted by Gasteiger charge is 2.41. The van der Waals surface area contributed by atoms with Gasteiger partial charge in [-0.15, -0.1) is 0 Å². The maximum Gasteiger partial charge on any atom is 0.192 e. The van der Waals surface area contributed by atoms with Crippen LogP contribution in [0.5, 0.6) is 0 Å². The standard InChI is InChI=1S/C16H32O2Si/c1-13-8-9-14(17)16(5,11-10-13)12-18-19(6,7)15(2,3)4/h10,14,17H,8-9,11-12H2,1-7H3/t14-,16-/m0/s1. The maximum absolute atomic E-state index is 10.4. The van der Waals surface area contributed by atoms with Gasteiger partial charge in [-0.2, -0.15) is 0 Å². The average Bonchev–Trinajstić information content (AvgIpc) is 2.40. The second kappa shape index (κ2) is 5.70. The number of aliphatic hydroxyl groups excluding tert-OH is 1. The van der Waals surface area contributed by atoms with E-state index >= 15 is 0 Å². The van der Waals surface area contributed by atoms with Crippen LogP contribution >= 0.6 is 0 Å². The monoisotopic (exact) mass is 284 g/mol. The third-order valence-corrected chi connectivity index (χ3v) is 9.58. The Labute approximate surface area is 120 Å². The van der Waals surface area contributed by atoms with E-state index in [1.165, 1.54) is 5.57 Å². The van der Waals surface area contributed by atoms with E-state index in [1.807, 2.05) is 0 Å². The molecule has 112 valence electrons. The van der Waals surface area contributed by atoms with Crippen LogP contribution in [0.2, 0.25) is 18.1 Å². The highest BCUT2D eigenvalue weighted by Crippen LogP contribution is 2.40. The molecule has 0 unspecified atom stereocenters. The van der Waals surface area contributed by atoms with E-state index in [0.717, 1.165) is 19.3 Å². The zero-order chi connectivity index (χ0) is 14.9. The lowest BCUT2D eigenvalue weighted by Crippen LogP contribution is -2.46. The van der Waals surface area contributed by atoms with Gasteiger partial charge >= 0.3 is 0 Å². The highest BCUT2D eigenvalue weighted by molar-refractivity contribution is 6.74. The van der Waals surface area contributed by atoms with E-state index in [9.17, 15) is 5.11 Å². The molecular weight excluding hydrogens is 252 g/mol. The van der Waals surface area contributed by atoms with Gasteiger partial charge in [0, 0.05) is 12.0 Å². The fraction of sp³-hybridized carbons (Fsp3) is 0.875. The van der Waals surface area contributed by atoms with Gasteiger partial charge in [-0.25, -0.2) is 0 Å². The van der Waals surface area contributed by atoms with Gasteiger partial charge in [-0.05, 0) is 44.3 Å². The van der Waals surface area contributed by atoms with Crippen LogP contribution < -0.4 is 0 Å². The SMILES string of the molecule is CC1=CC[C@@](C)(CO[Si](C)(C)C(C)(C)C)[C@@H](O)CC1. The highest BCUT2D eigenvalue weighted by atomic mass is 28.4. The molecule has 1 N–H and O–H groups in total. The van der Waals surface area contributed by atoms with Gasteiger partial charge in [0.25, 0.3) is 0 Å². The van der Waals surface area contributed by atoms with E-state index in [2.05, 4.69) is 53.8 Å². The second-order valence-electron chi connectivity index (χ2n) is 8.01. The summed E-state index contributed by atoms with van der Waals surface area (Å²) in [7, 11) is -1.73. The van der Waals surface area contributed by atoms with Crippen LogP contribution in [0.1, 0.15) is 53.9 Å². The Morgan fingerprint density at radius 2 is 2.00 bits per heavy atom. The van der Waals surface area contributed by atoms with Gasteiger partial charge in [0.05, 0.1) is 6.10 Å². The van der Waals surface area contributed by atoms with Crippen LogP contribution in [0.3, 0.4) is 0 Å². The van der Waals surface area contributed by atoms with Crippen molar-refractivity contribution in [3.63, 3.8) is 0 Å². The Morgan fingerprint density at radius 1 is 1.42 bits per heavy atom. The first-order valence-corrected chi connectivity index (χ1v) is 10.4. The van der Waals surface area contributed by atoms with Crippen LogP contribution in [-0.4, -0.2) is 26.1 Å². The molecule has 2 atom stereocenters. The molecule has 0 bridgehead atoms. The van der Waals surface area contributed by atoms with Crippen molar-refractivity contribution in [1.82, 2.24) is 0 Å². The van der Waals surface area contributed by atoms with Crippen molar-refractivity contribution >= 4 is 8.32 Å². The molecule has 0 saturated carbocycles. The topological polar surface area (TPSA) is 29.5 Å². The van der Waals surface area contributed by atoms with Gasteiger partial charge in [-0.1, -0.05) is 39.3 Å². The number of hydrogen-bond acceptors (Lipinski definition) is 2. The minimum absolute atomic E-state index is 0.132. The number of rotatable bonds is 3. The van der Waals surface area contributed by atoms with E-state index in [1.54, 1.807) is 0 Å². The van der Waals surface area contributed by atoms with Crippen LogP contribution in [0.25, 0.3) is 0 Å². The molecule has 2 nitrogen and oxygen atoms in total. The van der Waals surface area contributed by atoms with Crippen molar-refractivity contribution in [1.29, 1.82) is 0 Å². The lowest BCUT2D eigenvalue weighted by molar-refractivity contribution is -0.00144. The van der Waals surface area contributed by atoms with E-state index in [-0.39, 0.29) is 16.6 Å². The molecule has 0 aromatic carbocycles. The van der Waals surface area contributed by atoms with E-state index < -0.39 is 8.32 Å². The summed E-state index contributed by atoms with van der Waals surface area (Å²) in [5.41, 5.74) is 1.27. The minimum Gasteiger partial charge on any atom is -0.416 e. The molecule has 0 aliphatic heterocycles. The summed E-state index contributed by atoms with van der Waals surface area (Å²) in [6.07, 6.45) is 4.82. The molecular formula is C16H32O2Si. The molecule has 1 aliphatic rings. The second-order valence-corrected chi connectivity index (χ2v) is 12.8. The molecule has 0 aromatic heterocycles. The largest absolute Gasteiger partial charge is 0.416 e. The summed E-state index contributed by atoms with van der Waals surface area (Å²) < 4.78 is 6.35. The molecule has 1 aliphatic carbocycles. The van der Waals surface area contributed by atoms with Crippen LogP contribution in [-0.2, 0) is 4.43 Å². The van der Waals surface area contributed by atoms with Gasteiger partial charge in [-0.3, -0.25) is 0 Å². The van der Waals surface area contributed by atoms with Crippen molar-refractivity contribution in [2.75, 3.05) is 6.61 Å². The Hall–Kier alpha value is -0.123. The Balaban J connectivity index is 2.74. The molecule has 3 heteroatoms. The minimum atomic E-state index is -1.73. The fourth-order valence-electron chi connectivity index (χ4n) is 2.08. The zero-order valence-electron chi connectivity index (χ0n) is 13.8. The van der Waals surface area contributed by atoms with Crippen LogP contribution in [0.4, 0.5) is 0 Å². The lowest BCUT2D eigenvalue weighted by atomic mass is 9.81. The molecule has 19 heavy (non-hydrogen) atoms. The average molecular weight is 285 g/mol. The van der Waals surface area contributed by atoms with Crippen LogP contribution in [0, 0.1) is 5.41 Å². The van der Waals surface area contributed by atoms with Crippen molar-refractivity contribution in [2.45, 2.75) is 78.1 Å². The first-order valence-electron chi connectivity index (χ1n) is 7.46. The molecule has 1 rings (SSSR count). The molecule has 0 heterocycles. The molecule has 0 spiro atoms. The molecule has 0 amide bonds. The third kappa shape index (κ3) is 4.17. The third-order valence-electron chi connectivity index (χ3n) is 5.10. The summed E-state index contributed by atoms with van der Waals surface area (Å²) in [4.78, 5) is 0. The van der Waals surface area contributed by atoms with Crippen molar-refractivity contribution in [3.8, 4) is 0 Å².